The van der Waals surface area contributed by atoms with E-state index in [9.17, 15) is 0 Å². The molecule has 1 aliphatic carbocycles. The van der Waals surface area contributed by atoms with Crippen LogP contribution in [0, 0.1) is 11.8 Å². The minimum atomic E-state index is 0. The zero-order chi connectivity index (χ0) is 5.28. The van der Waals surface area contributed by atoms with Crippen LogP contribution in [0.5, 0.6) is 0 Å². The zero-order valence-electron chi connectivity index (χ0n) is 4.84. The molecule has 0 aromatic rings. The first-order chi connectivity index (χ1) is 3.38. The molecule has 1 fully saturated rings. The second-order valence-electron chi connectivity index (χ2n) is 2.13. The molecule has 1 rings (SSSR count). The lowest BCUT2D eigenvalue weighted by Gasteiger charge is -1.82. The molecule has 0 bridgehead atoms. The van der Waals surface area contributed by atoms with Crippen molar-refractivity contribution in [2.45, 2.75) is 6.42 Å². The Morgan fingerprint density at radius 2 is 2.38 bits per heavy atom. The Morgan fingerprint density at radius 1 is 1.75 bits per heavy atom. The first kappa shape index (κ1) is 7.99. The van der Waals surface area contributed by atoms with E-state index in [0.717, 1.165) is 18.4 Å². The van der Waals surface area contributed by atoms with E-state index in [1.54, 1.807) is 0 Å². The smallest absolute Gasteiger partial charge is 0.00430 e. The first-order valence-corrected chi connectivity index (χ1v) is 2.71. The molecule has 0 unspecified atom stereocenters. The summed E-state index contributed by atoms with van der Waals surface area (Å²) in [6.07, 6.45) is 3.28. The van der Waals surface area contributed by atoms with E-state index >= 15 is 0 Å². The van der Waals surface area contributed by atoms with Crippen molar-refractivity contribution in [1.29, 1.82) is 0 Å². The number of hydrogen-bond donors (Lipinski definition) is 1. The molecule has 8 heavy (non-hydrogen) atoms. The van der Waals surface area contributed by atoms with Gasteiger partial charge in [-0.05, 0) is 24.8 Å². The summed E-state index contributed by atoms with van der Waals surface area (Å²) in [5, 5.41) is 0. The topological polar surface area (TPSA) is 26.0 Å². The van der Waals surface area contributed by atoms with Crippen LogP contribution in [0.1, 0.15) is 6.42 Å². The van der Waals surface area contributed by atoms with E-state index in [4.69, 9.17) is 5.73 Å². The van der Waals surface area contributed by atoms with Gasteiger partial charge in [0.05, 0.1) is 0 Å². The van der Waals surface area contributed by atoms with Gasteiger partial charge in [-0.25, -0.2) is 0 Å². The number of halogens is 1. The number of allylic oxidation sites excluding steroid dienone is 1. The normalized spacial score (nSPS) is 33.1. The second-order valence-corrected chi connectivity index (χ2v) is 2.13. The van der Waals surface area contributed by atoms with E-state index in [1.165, 1.54) is 6.42 Å². The summed E-state index contributed by atoms with van der Waals surface area (Å²) in [5.74, 6) is 1.53. The van der Waals surface area contributed by atoms with Gasteiger partial charge in [0.15, 0.2) is 0 Å². The van der Waals surface area contributed by atoms with Crippen LogP contribution < -0.4 is 5.73 Å². The molecular weight excluding hydrogens is 122 g/mol. The summed E-state index contributed by atoms with van der Waals surface area (Å²) < 4.78 is 0. The molecule has 48 valence electrons. The van der Waals surface area contributed by atoms with E-state index < -0.39 is 0 Å². The fourth-order valence-electron chi connectivity index (χ4n) is 0.831. The van der Waals surface area contributed by atoms with Crippen LogP contribution in [0.2, 0.25) is 0 Å². The Balaban J connectivity index is 0.000000490. The van der Waals surface area contributed by atoms with Crippen molar-refractivity contribution in [3.05, 3.63) is 12.7 Å². The first-order valence-electron chi connectivity index (χ1n) is 2.71. The van der Waals surface area contributed by atoms with Crippen molar-refractivity contribution < 1.29 is 0 Å². The molecule has 0 aliphatic heterocycles. The number of nitrogens with two attached hydrogens (primary N) is 1. The lowest BCUT2D eigenvalue weighted by molar-refractivity contribution is 0.799. The van der Waals surface area contributed by atoms with Gasteiger partial charge in [-0.1, -0.05) is 6.08 Å². The summed E-state index contributed by atoms with van der Waals surface area (Å²) >= 11 is 0. The quantitative estimate of drug-likeness (QED) is 0.563. The molecule has 1 nitrogen and oxygen atoms in total. The van der Waals surface area contributed by atoms with Gasteiger partial charge >= 0.3 is 0 Å². The SMILES string of the molecule is C=C[C@@H]1C[C@H]1CN.Cl. The van der Waals surface area contributed by atoms with Gasteiger partial charge < -0.3 is 5.73 Å². The summed E-state index contributed by atoms with van der Waals surface area (Å²) in [7, 11) is 0. The molecule has 0 spiro atoms. The molecule has 1 saturated carbocycles. The van der Waals surface area contributed by atoms with E-state index in [0.29, 0.717) is 0 Å². The average Bonchev–Trinajstić information content (AvgIpc) is 2.43. The second kappa shape index (κ2) is 3.10. The highest BCUT2D eigenvalue weighted by Crippen LogP contribution is 2.37. The van der Waals surface area contributed by atoms with Gasteiger partial charge in [-0.15, -0.1) is 19.0 Å². The minimum Gasteiger partial charge on any atom is -0.330 e. The Labute approximate surface area is 56.4 Å². The Kier molecular flexibility index (Phi) is 3.10. The third kappa shape index (κ3) is 1.49. The monoisotopic (exact) mass is 133 g/mol. The fraction of sp³-hybridized carbons (Fsp3) is 0.667. The molecule has 1 aliphatic rings. The van der Waals surface area contributed by atoms with Crippen LogP contribution in [0.3, 0.4) is 0 Å². The van der Waals surface area contributed by atoms with Crippen LogP contribution in [-0.4, -0.2) is 6.54 Å². The van der Waals surface area contributed by atoms with Crippen molar-refractivity contribution in [1.82, 2.24) is 0 Å². The maximum Gasteiger partial charge on any atom is -0.00430 e. The van der Waals surface area contributed by atoms with Crippen LogP contribution in [0.4, 0.5) is 0 Å². The van der Waals surface area contributed by atoms with Crippen molar-refractivity contribution in [3.63, 3.8) is 0 Å². The molecule has 0 amide bonds. The maximum absolute atomic E-state index is 5.35. The van der Waals surface area contributed by atoms with E-state index in [1.807, 2.05) is 6.08 Å². The lowest BCUT2D eigenvalue weighted by Crippen LogP contribution is -2.01. The zero-order valence-corrected chi connectivity index (χ0v) is 5.66. The molecule has 0 radical (unpaired) electrons. The predicted molar refractivity (Wildman–Crippen MR) is 38.1 cm³/mol. The molecule has 0 aromatic heterocycles. The third-order valence-corrected chi connectivity index (χ3v) is 1.58. The van der Waals surface area contributed by atoms with E-state index in [-0.39, 0.29) is 12.4 Å². The fourth-order valence-corrected chi connectivity index (χ4v) is 0.831. The highest BCUT2D eigenvalue weighted by Gasteiger charge is 2.32. The van der Waals surface area contributed by atoms with Gasteiger partial charge in [0.1, 0.15) is 0 Å². The van der Waals surface area contributed by atoms with Gasteiger partial charge in [-0.3, -0.25) is 0 Å². The van der Waals surface area contributed by atoms with Gasteiger partial charge in [0.25, 0.3) is 0 Å². The van der Waals surface area contributed by atoms with Crippen molar-refractivity contribution in [2.75, 3.05) is 6.54 Å². The largest absolute Gasteiger partial charge is 0.330 e. The summed E-state index contributed by atoms with van der Waals surface area (Å²) in [4.78, 5) is 0. The minimum absolute atomic E-state index is 0. The van der Waals surface area contributed by atoms with Crippen molar-refractivity contribution >= 4 is 12.4 Å². The molecule has 2 heteroatoms. The predicted octanol–water partition coefficient (Wildman–Crippen LogP) is 1.19. The highest BCUT2D eigenvalue weighted by atomic mass is 35.5. The average molecular weight is 134 g/mol. The molecule has 0 heterocycles. The summed E-state index contributed by atoms with van der Waals surface area (Å²) in [6, 6.07) is 0. The molecule has 2 atom stereocenters. The van der Waals surface area contributed by atoms with Gasteiger partial charge in [0, 0.05) is 0 Å². The van der Waals surface area contributed by atoms with Crippen LogP contribution in [0.15, 0.2) is 12.7 Å². The van der Waals surface area contributed by atoms with Gasteiger partial charge in [0.2, 0.25) is 0 Å². The van der Waals surface area contributed by atoms with Gasteiger partial charge in [-0.2, -0.15) is 0 Å². The summed E-state index contributed by atoms with van der Waals surface area (Å²) in [6.45, 7) is 4.51. The molecule has 2 N–H and O–H groups in total. The Bertz CT molecular complexity index is 82.6. The standard InChI is InChI=1S/C6H11N.ClH/c1-2-5-3-6(5)4-7;/h2,5-6H,1,3-4,7H2;1H/t5-,6+;/m1./s1. The molecular formula is C6H12ClN. The highest BCUT2D eigenvalue weighted by molar-refractivity contribution is 5.85. The molecule has 0 aromatic carbocycles. The van der Waals surface area contributed by atoms with Crippen LogP contribution in [-0.2, 0) is 0 Å². The van der Waals surface area contributed by atoms with Crippen LogP contribution >= 0.6 is 12.4 Å². The maximum atomic E-state index is 5.35. The van der Waals surface area contributed by atoms with Crippen molar-refractivity contribution in [2.24, 2.45) is 17.6 Å². The lowest BCUT2D eigenvalue weighted by atomic mass is 10.3. The summed E-state index contributed by atoms with van der Waals surface area (Å²) in [5.41, 5.74) is 5.35. The van der Waals surface area contributed by atoms with E-state index in [2.05, 4.69) is 6.58 Å². The van der Waals surface area contributed by atoms with Crippen LogP contribution in [0.25, 0.3) is 0 Å². The molecule has 0 saturated heterocycles. The van der Waals surface area contributed by atoms with Crippen molar-refractivity contribution in [3.8, 4) is 0 Å². The Hall–Kier alpha value is -0.0100. The Morgan fingerprint density at radius 3 is 2.50 bits per heavy atom. The number of rotatable bonds is 2. The number of hydrogen-bond acceptors (Lipinski definition) is 1. The third-order valence-electron chi connectivity index (χ3n) is 1.58.